The molecule has 2 aromatic rings. The summed E-state index contributed by atoms with van der Waals surface area (Å²) in [6, 6.07) is 11.0. The first-order valence-electron chi connectivity index (χ1n) is 7.66. The summed E-state index contributed by atoms with van der Waals surface area (Å²) in [5, 5.41) is 15.1. The summed E-state index contributed by atoms with van der Waals surface area (Å²) in [5.74, 6) is 0.114. The molecule has 1 aliphatic rings. The van der Waals surface area contributed by atoms with Crippen molar-refractivity contribution in [1.82, 2.24) is 15.3 Å². The van der Waals surface area contributed by atoms with Crippen LogP contribution in [0.1, 0.15) is 41.7 Å². The summed E-state index contributed by atoms with van der Waals surface area (Å²) in [4.78, 5) is 20.6. The minimum Gasteiger partial charge on any atom is -0.348 e. The van der Waals surface area contributed by atoms with E-state index in [0.717, 1.165) is 25.7 Å². The van der Waals surface area contributed by atoms with Gasteiger partial charge in [0.15, 0.2) is 0 Å². The smallest absolute Gasteiger partial charge is 0.270 e. The molecule has 1 saturated carbocycles. The number of nitrogens with one attached hydrogen (secondary N) is 2. The Balaban J connectivity index is 1.74. The van der Waals surface area contributed by atoms with E-state index in [2.05, 4.69) is 26.7 Å². The molecule has 1 aromatic heterocycles. The van der Waals surface area contributed by atoms with Gasteiger partial charge >= 0.3 is 0 Å². The highest BCUT2D eigenvalue weighted by Crippen LogP contribution is 2.19. The largest absolute Gasteiger partial charge is 0.348 e. The lowest BCUT2D eigenvalue weighted by Gasteiger charge is -2.12. The Morgan fingerprint density at radius 1 is 1.22 bits per heavy atom. The van der Waals surface area contributed by atoms with Crippen LogP contribution in [0.4, 0.5) is 11.6 Å². The number of hydrogen-bond acceptors (Lipinski definition) is 5. The highest BCUT2D eigenvalue weighted by atomic mass is 16.1. The summed E-state index contributed by atoms with van der Waals surface area (Å²) >= 11 is 0. The van der Waals surface area contributed by atoms with Crippen LogP contribution in [0.2, 0.25) is 0 Å². The summed E-state index contributed by atoms with van der Waals surface area (Å²) in [6.07, 6.45) is 5.90. The van der Waals surface area contributed by atoms with Gasteiger partial charge in [0.25, 0.3) is 5.91 Å². The number of carbonyl (C=O) groups is 1. The number of carbonyl (C=O) groups excluding carboxylic acids is 1. The van der Waals surface area contributed by atoms with Crippen molar-refractivity contribution in [2.45, 2.75) is 31.7 Å². The van der Waals surface area contributed by atoms with Gasteiger partial charge in [0.2, 0.25) is 5.95 Å². The second-order valence-corrected chi connectivity index (χ2v) is 5.50. The molecule has 1 fully saturated rings. The van der Waals surface area contributed by atoms with Crippen LogP contribution in [-0.2, 0) is 0 Å². The number of para-hydroxylation sites is 1. The fraction of sp³-hybridized carbons (Fsp3) is 0.294. The van der Waals surface area contributed by atoms with E-state index in [1.165, 1.54) is 6.20 Å². The van der Waals surface area contributed by atoms with Gasteiger partial charge < -0.3 is 10.6 Å². The first kappa shape index (κ1) is 15.0. The summed E-state index contributed by atoms with van der Waals surface area (Å²) in [6.45, 7) is 0. The Labute approximate surface area is 134 Å². The molecule has 6 nitrogen and oxygen atoms in total. The quantitative estimate of drug-likeness (QED) is 0.906. The lowest BCUT2D eigenvalue weighted by Crippen LogP contribution is -2.33. The van der Waals surface area contributed by atoms with Gasteiger partial charge in [-0.15, -0.1) is 0 Å². The van der Waals surface area contributed by atoms with Crippen LogP contribution >= 0.6 is 0 Å². The van der Waals surface area contributed by atoms with Gasteiger partial charge in [-0.3, -0.25) is 4.79 Å². The van der Waals surface area contributed by atoms with Gasteiger partial charge in [-0.25, -0.2) is 9.97 Å². The Hall–Kier alpha value is -2.94. The van der Waals surface area contributed by atoms with Crippen LogP contribution in [-0.4, -0.2) is 21.9 Å². The van der Waals surface area contributed by atoms with Gasteiger partial charge in [0.05, 0.1) is 11.3 Å². The molecule has 0 unspecified atom stereocenters. The minimum absolute atomic E-state index is 0.184. The van der Waals surface area contributed by atoms with E-state index in [4.69, 9.17) is 5.26 Å². The van der Waals surface area contributed by atoms with E-state index in [1.807, 2.05) is 6.07 Å². The molecular formula is C17H17N5O. The second-order valence-electron chi connectivity index (χ2n) is 5.50. The molecule has 23 heavy (non-hydrogen) atoms. The van der Waals surface area contributed by atoms with E-state index < -0.39 is 0 Å². The maximum absolute atomic E-state index is 12.2. The third-order valence-electron chi connectivity index (χ3n) is 3.87. The number of aromatic nitrogens is 2. The maximum atomic E-state index is 12.2. The number of benzene rings is 1. The van der Waals surface area contributed by atoms with E-state index in [9.17, 15) is 4.79 Å². The summed E-state index contributed by atoms with van der Waals surface area (Å²) in [5.41, 5.74) is 1.43. The lowest BCUT2D eigenvalue weighted by atomic mass is 10.2. The molecule has 1 aliphatic carbocycles. The van der Waals surface area contributed by atoms with Crippen LogP contribution < -0.4 is 10.6 Å². The fourth-order valence-electron chi connectivity index (χ4n) is 2.68. The van der Waals surface area contributed by atoms with Gasteiger partial charge in [-0.2, -0.15) is 5.26 Å². The summed E-state index contributed by atoms with van der Waals surface area (Å²) < 4.78 is 0. The van der Waals surface area contributed by atoms with Crippen molar-refractivity contribution in [3.63, 3.8) is 0 Å². The third-order valence-corrected chi connectivity index (χ3v) is 3.87. The number of hydrogen-bond donors (Lipinski definition) is 2. The van der Waals surface area contributed by atoms with Crippen molar-refractivity contribution in [3.8, 4) is 6.07 Å². The zero-order chi connectivity index (χ0) is 16.1. The van der Waals surface area contributed by atoms with Crippen molar-refractivity contribution in [1.29, 1.82) is 5.26 Å². The Bertz CT molecular complexity index is 747. The number of rotatable bonds is 4. The fourth-order valence-corrected chi connectivity index (χ4v) is 2.68. The predicted octanol–water partition coefficient (Wildman–Crippen LogP) is 2.76. The van der Waals surface area contributed by atoms with E-state index in [0.29, 0.717) is 22.9 Å². The van der Waals surface area contributed by atoms with Crippen LogP contribution in [0.15, 0.2) is 36.5 Å². The standard InChI is InChI=1S/C17H17N5O/c18-11-12-5-1-4-8-14(12)21-17-19-10-9-15(22-17)16(23)20-13-6-2-3-7-13/h1,4-5,8-10,13H,2-3,6-7H2,(H,20,23)(H,19,21,22). The van der Waals surface area contributed by atoms with E-state index in [1.54, 1.807) is 24.3 Å². The number of nitriles is 1. The third kappa shape index (κ3) is 3.64. The summed E-state index contributed by atoms with van der Waals surface area (Å²) in [7, 11) is 0. The average Bonchev–Trinajstić information content (AvgIpc) is 3.08. The molecule has 0 saturated heterocycles. The molecule has 1 heterocycles. The average molecular weight is 307 g/mol. The van der Waals surface area contributed by atoms with Gasteiger partial charge in [0.1, 0.15) is 11.8 Å². The molecule has 0 radical (unpaired) electrons. The zero-order valence-electron chi connectivity index (χ0n) is 12.6. The first-order chi connectivity index (χ1) is 11.3. The molecule has 3 rings (SSSR count). The van der Waals surface area contributed by atoms with Gasteiger partial charge in [-0.1, -0.05) is 25.0 Å². The van der Waals surface area contributed by atoms with Gasteiger partial charge in [-0.05, 0) is 31.0 Å². The second kappa shape index (κ2) is 6.88. The van der Waals surface area contributed by atoms with Crippen LogP contribution in [0.25, 0.3) is 0 Å². The molecule has 2 N–H and O–H groups in total. The molecule has 6 heteroatoms. The van der Waals surface area contributed by atoms with Crippen molar-refractivity contribution in [2.24, 2.45) is 0 Å². The zero-order valence-corrected chi connectivity index (χ0v) is 12.6. The monoisotopic (exact) mass is 307 g/mol. The van der Waals surface area contributed by atoms with Crippen molar-refractivity contribution < 1.29 is 4.79 Å². The van der Waals surface area contributed by atoms with Gasteiger partial charge in [0, 0.05) is 12.2 Å². The van der Waals surface area contributed by atoms with Crippen molar-refractivity contribution >= 4 is 17.5 Å². The molecule has 1 aromatic carbocycles. The maximum Gasteiger partial charge on any atom is 0.270 e. The number of anilines is 2. The van der Waals surface area contributed by atoms with Crippen LogP contribution in [0.3, 0.4) is 0 Å². The Kier molecular flexibility index (Phi) is 4.48. The SMILES string of the molecule is N#Cc1ccccc1Nc1nccc(C(=O)NC2CCCC2)n1. The van der Waals surface area contributed by atoms with Crippen molar-refractivity contribution in [3.05, 3.63) is 47.8 Å². The molecule has 0 aliphatic heterocycles. The predicted molar refractivity (Wildman–Crippen MR) is 86.2 cm³/mol. The topological polar surface area (TPSA) is 90.7 Å². The molecule has 116 valence electrons. The molecule has 1 amide bonds. The van der Waals surface area contributed by atoms with Crippen LogP contribution in [0.5, 0.6) is 0 Å². The lowest BCUT2D eigenvalue weighted by molar-refractivity contribution is 0.0933. The van der Waals surface area contributed by atoms with E-state index in [-0.39, 0.29) is 11.9 Å². The number of amides is 1. The van der Waals surface area contributed by atoms with E-state index >= 15 is 0 Å². The minimum atomic E-state index is -0.184. The molecule has 0 bridgehead atoms. The van der Waals surface area contributed by atoms with Crippen molar-refractivity contribution in [2.75, 3.05) is 5.32 Å². The highest BCUT2D eigenvalue weighted by molar-refractivity contribution is 5.92. The first-order valence-corrected chi connectivity index (χ1v) is 7.66. The van der Waals surface area contributed by atoms with Crippen LogP contribution in [0, 0.1) is 11.3 Å². The highest BCUT2D eigenvalue weighted by Gasteiger charge is 2.19. The molecule has 0 spiro atoms. The Morgan fingerprint density at radius 3 is 2.78 bits per heavy atom. The normalized spacial score (nSPS) is 14.2. The molecular weight excluding hydrogens is 290 g/mol. The molecule has 0 atom stereocenters. The Morgan fingerprint density at radius 2 is 2.00 bits per heavy atom. The number of nitrogens with zero attached hydrogens (tertiary/aromatic N) is 3.